The van der Waals surface area contributed by atoms with Crippen molar-refractivity contribution in [1.29, 1.82) is 0 Å². The largest absolute Gasteiger partial charge is 0.317 e. The highest BCUT2D eigenvalue weighted by atomic mass is 32.2. The lowest BCUT2D eigenvalue weighted by molar-refractivity contribution is -0.126. The number of aryl methyl sites for hydroxylation is 2. The van der Waals surface area contributed by atoms with Gasteiger partial charge < -0.3 is 9.69 Å². The Kier molecular flexibility index (Phi) is 18.0. The molecule has 0 spiro atoms. The van der Waals surface area contributed by atoms with Crippen LogP contribution in [0.2, 0.25) is 0 Å². The van der Waals surface area contributed by atoms with Gasteiger partial charge in [0.05, 0.1) is 0 Å². The zero-order valence-corrected chi connectivity index (χ0v) is 28.7. The fourth-order valence-corrected chi connectivity index (χ4v) is 8.04. The number of thiol groups is 1. The maximum absolute atomic E-state index is 12.2. The van der Waals surface area contributed by atoms with Crippen LogP contribution in [0, 0.1) is 6.92 Å². The van der Waals surface area contributed by atoms with Gasteiger partial charge in [-0.2, -0.15) is 24.4 Å². The smallest absolute Gasteiger partial charge is 0.249 e. The quantitative estimate of drug-likeness (QED) is 0.125. The van der Waals surface area contributed by atoms with Crippen LogP contribution in [-0.2, 0) is 22.4 Å². The molecule has 0 fully saturated rings. The molecule has 3 rings (SSSR count). The molecule has 1 aromatic rings. The molecule has 1 heterocycles. The molecule has 3 atom stereocenters. The minimum atomic E-state index is -0.282. The number of carbonyl (C=O) groups excluding carboxylic acids is 2. The van der Waals surface area contributed by atoms with E-state index >= 15 is 0 Å². The molecule has 3 nitrogen and oxygen atoms in total. The van der Waals surface area contributed by atoms with E-state index in [1.165, 1.54) is 67.9 Å². The van der Waals surface area contributed by atoms with Gasteiger partial charge in [-0.1, -0.05) is 56.5 Å². The number of carbonyl (C=O) groups is 2. The molecule has 224 valence electrons. The molecule has 6 heteroatoms. The maximum Gasteiger partial charge on any atom is 0.249 e. The van der Waals surface area contributed by atoms with Crippen molar-refractivity contribution in [3.8, 4) is 0 Å². The molecule has 0 bridgehead atoms. The first kappa shape index (κ1) is 36.7. The minimum absolute atomic E-state index is 0.0865. The van der Waals surface area contributed by atoms with Crippen LogP contribution < -0.4 is 0 Å². The second kappa shape index (κ2) is 19.7. The summed E-state index contributed by atoms with van der Waals surface area (Å²) >= 11 is 8.13. The molecular formula is C34H53NO2S3. The van der Waals surface area contributed by atoms with Crippen LogP contribution in [0.5, 0.6) is 0 Å². The third-order valence-corrected chi connectivity index (χ3v) is 10.3. The molecule has 1 aliphatic carbocycles. The van der Waals surface area contributed by atoms with E-state index in [0.717, 1.165) is 24.2 Å². The van der Waals surface area contributed by atoms with Crippen LogP contribution >= 0.6 is 36.2 Å². The average Bonchev–Trinajstić information content (AvgIpc) is 2.90. The summed E-state index contributed by atoms with van der Waals surface area (Å²) < 4.78 is -0.282. The van der Waals surface area contributed by atoms with Gasteiger partial charge in [0.15, 0.2) is 0 Å². The molecule has 1 aromatic carbocycles. The Morgan fingerprint density at radius 2 is 1.88 bits per heavy atom. The zero-order valence-electron chi connectivity index (χ0n) is 26.2. The van der Waals surface area contributed by atoms with Crippen molar-refractivity contribution in [1.82, 2.24) is 4.90 Å². The Bertz CT molecular complexity index is 1020. The number of hydrogen-bond donors (Lipinski definition) is 1. The lowest BCUT2D eigenvalue weighted by atomic mass is 9.80. The molecule has 0 N–H and O–H groups in total. The summed E-state index contributed by atoms with van der Waals surface area (Å²) in [7, 11) is 1.87. The zero-order chi connectivity index (χ0) is 30.2. The van der Waals surface area contributed by atoms with Crippen LogP contribution in [0.1, 0.15) is 108 Å². The minimum Gasteiger partial charge on any atom is -0.317 e. The van der Waals surface area contributed by atoms with E-state index in [4.69, 9.17) is 4.79 Å². The Balaban J connectivity index is 0.00000122. The van der Waals surface area contributed by atoms with Crippen molar-refractivity contribution in [3.63, 3.8) is 0 Å². The van der Waals surface area contributed by atoms with Gasteiger partial charge in [-0.05, 0) is 95.4 Å². The second-order valence-corrected chi connectivity index (χ2v) is 14.3. The van der Waals surface area contributed by atoms with Crippen LogP contribution in [0.15, 0.2) is 47.0 Å². The van der Waals surface area contributed by atoms with Gasteiger partial charge in [-0.3, -0.25) is 4.79 Å². The number of benzene rings is 1. The molecule has 3 unspecified atom stereocenters. The summed E-state index contributed by atoms with van der Waals surface area (Å²) in [6, 6.07) is 5.00. The first-order valence-corrected chi connectivity index (χ1v) is 17.2. The highest BCUT2D eigenvalue weighted by Gasteiger charge is 2.29. The summed E-state index contributed by atoms with van der Waals surface area (Å²) in [6.07, 6.45) is 15.0. The van der Waals surface area contributed by atoms with E-state index in [-0.39, 0.29) is 10.5 Å². The van der Waals surface area contributed by atoms with Crippen LogP contribution in [-0.4, -0.2) is 39.7 Å². The highest BCUT2D eigenvalue weighted by molar-refractivity contribution is 8.15. The molecule has 1 aliphatic heterocycles. The van der Waals surface area contributed by atoms with Gasteiger partial charge in [-0.15, -0.1) is 18.3 Å². The molecule has 0 saturated carbocycles. The average molecular weight is 604 g/mol. The topological polar surface area (TPSA) is 37.4 Å². The Morgan fingerprint density at radius 1 is 1.23 bits per heavy atom. The lowest BCUT2D eigenvalue weighted by Crippen LogP contribution is -2.35. The fourth-order valence-electron chi connectivity index (χ4n) is 5.23. The van der Waals surface area contributed by atoms with Gasteiger partial charge in [0.1, 0.15) is 10.9 Å². The van der Waals surface area contributed by atoms with Gasteiger partial charge >= 0.3 is 0 Å². The number of aldehydes is 1. The molecule has 0 aromatic heterocycles. The summed E-state index contributed by atoms with van der Waals surface area (Å²) in [5.74, 6) is 1.59. The molecule has 0 radical (unpaired) electrons. The molecule has 2 aliphatic rings. The predicted molar refractivity (Wildman–Crippen MR) is 184 cm³/mol. The number of unbranched alkanes of at least 4 members (excludes halogenated alkanes) is 2. The van der Waals surface area contributed by atoms with Crippen molar-refractivity contribution < 1.29 is 9.59 Å². The number of amides is 1. The van der Waals surface area contributed by atoms with Crippen LogP contribution in [0.3, 0.4) is 0 Å². The van der Waals surface area contributed by atoms with Gasteiger partial charge in [0, 0.05) is 34.6 Å². The van der Waals surface area contributed by atoms with E-state index < -0.39 is 0 Å². The summed E-state index contributed by atoms with van der Waals surface area (Å²) in [6.45, 7) is 18.0. The highest BCUT2D eigenvalue weighted by Crippen LogP contribution is 2.39. The van der Waals surface area contributed by atoms with Crippen molar-refractivity contribution in [2.75, 3.05) is 12.8 Å². The van der Waals surface area contributed by atoms with E-state index in [0.29, 0.717) is 11.2 Å². The number of thioether (sulfide) groups is 2. The predicted octanol–water partition coefficient (Wildman–Crippen LogP) is 9.70. The SMILES string of the molecule is C=CC.CC=O.CCCCCc1cc(C)c(C2C=C(C)CCC2)c(CC(C)SCC2=C(C)N(C)C(=O)C(S)S2)c1. The molecule has 0 saturated heterocycles. The van der Waals surface area contributed by atoms with Crippen molar-refractivity contribution in [2.45, 2.75) is 116 Å². The van der Waals surface area contributed by atoms with Crippen LogP contribution in [0.25, 0.3) is 0 Å². The van der Waals surface area contributed by atoms with Gasteiger partial charge in [-0.25, -0.2) is 0 Å². The number of allylic oxidation sites excluding steroid dienone is 4. The maximum atomic E-state index is 12.2. The van der Waals surface area contributed by atoms with Crippen molar-refractivity contribution >= 4 is 48.3 Å². The second-order valence-electron chi connectivity index (χ2n) is 10.8. The first-order chi connectivity index (χ1) is 19.0. The molecular weight excluding hydrogens is 551 g/mol. The first-order valence-electron chi connectivity index (χ1n) is 14.7. The van der Waals surface area contributed by atoms with E-state index in [2.05, 4.69) is 72.0 Å². The Hall–Kier alpha value is -1.37. The van der Waals surface area contributed by atoms with E-state index in [9.17, 15) is 4.79 Å². The standard InChI is InChI=1S/C29H43NOS3.C3H6.C2H4O/c1-7-8-9-12-23-15-20(3)27(24-13-10-11-19(2)14-24)25(17-23)16-21(4)33-18-26-22(5)30(6)28(31)29(32)34-26;1-3-2;1-2-3/h14-15,17,21,24,29,32H,7-13,16,18H2,1-6H3;3H,1H2,2H3;2H,1H3. The third-order valence-electron chi connectivity index (χ3n) is 7.25. The normalized spacial score (nSPS) is 19.6. The summed E-state index contributed by atoms with van der Waals surface area (Å²) in [4.78, 5) is 24.1. The van der Waals surface area contributed by atoms with Crippen molar-refractivity contribution in [3.05, 3.63) is 69.3 Å². The Labute approximate surface area is 259 Å². The van der Waals surface area contributed by atoms with Gasteiger partial charge in [0.2, 0.25) is 5.91 Å². The molecule has 40 heavy (non-hydrogen) atoms. The summed E-state index contributed by atoms with van der Waals surface area (Å²) in [5.41, 5.74) is 8.78. The number of nitrogens with zero attached hydrogens (tertiary/aromatic N) is 1. The lowest BCUT2D eigenvalue weighted by Gasteiger charge is -2.30. The third kappa shape index (κ3) is 11.9. The van der Waals surface area contributed by atoms with E-state index in [1.54, 1.807) is 39.4 Å². The molecule has 1 amide bonds. The van der Waals surface area contributed by atoms with Crippen LogP contribution in [0.4, 0.5) is 0 Å². The van der Waals surface area contributed by atoms with Crippen molar-refractivity contribution in [2.24, 2.45) is 0 Å². The van der Waals surface area contributed by atoms with Gasteiger partial charge in [0.25, 0.3) is 0 Å². The van der Waals surface area contributed by atoms with E-state index in [1.807, 2.05) is 25.7 Å². The fraction of sp³-hybridized carbons (Fsp3) is 0.588. The number of hydrogen-bond acceptors (Lipinski definition) is 5. The Morgan fingerprint density at radius 3 is 2.48 bits per heavy atom. The number of rotatable bonds is 10. The summed E-state index contributed by atoms with van der Waals surface area (Å²) in [5, 5.41) is 0.514. The monoisotopic (exact) mass is 603 g/mol.